The lowest BCUT2D eigenvalue weighted by Crippen LogP contribution is -2.10. The summed E-state index contributed by atoms with van der Waals surface area (Å²) >= 11 is 0. The Kier molecular flexibility index (Phi) is 2.73. The normalized spacial score (nSPS) is 31.0. The number of hydrogen-bond acceptors (Lipinski definition) is 0. The van der Waals surface area contributed by atoms with Gasteiger partial charge < -0.3 is 0 Å². The number of rotatable bonds is 2. The van der Waals surface area contributed by atoms with Crippen LogP contribution in [0, 0.1) is 11.8 Å². The molecule has 0 amide bonds. The molecule has 0 aromatic heterocycles. The van der Waals surface area contributed by atoms with E-state index in [-0.39, 0.29) is 0 Å². The van der Waals surface area contributed by atoms with Crippen molar-refractivity contribution in [2.24, 2.45) is 11.8 Å². The molecular weight excluding hydrogens is 120 g/mol. The van der Waals surface area contributed by atoms with Gasteiger partial charge in [0, 0.05) is 0 Å². The first-order chi connectivity index (χ1) is 4.88. The largest absolute Gasteiger partial charge is 0.0809 e. The van der Waals surface area contributed by atoms with E-state index in [0.29, 0.717) is 0 Å². The third-order valence-corrected chi connectivity index (χ3v) is 2.32. The zero-order valence-electron chi connectivity index (χ0n) is 6.88. The fourth-order valence-electron chi connectivity index (χ4n) is 1.58. The van der Waals surface area contributed by atoms with E-state index in [1.165, 1.54) is 12.8 Å². The van der Waals surface area contributed by atoms with Gasteiger partial charge in [-0.15, -0.1) is 0 Å². The lowest BCUT2D eigenvalue weighted by Gasteiger charge is -2.20. The minimum atomic E-state index is 0.801. The van der Waals surface area contributed by atoms with Crippen molar-refractivity contribution in [2.75, 3.05) is 0 Å². The molecule has 0 aromatic rings. The van der Waals surface area contributed by atoms with Crippen LogP contribution in [0.4, 0.5) is 0 Å². The van der Waals surface area contributed by atoms with Crippen LogP contribution in [-0.4, -0.2) is 0 Å². The van der Waals surface area contributed by atoms with Crippen molar-refractivity contribution in [1.29, 1.82) is 0 Å². The lowest BCUT2D eigenvalue weighted by atomic mass is 9.85. The van der Waals surface area contributed by atoms with Crippen LogP contribution in [-0.2, 0) is 0 Å². The van der Waals surface area contributed by atoms with Crippen molar-refractivity contribution < 1.29 is 0 Å². The van der Waals surface area contributed by atoms with Gasteiger partial charge in [0.15, 0.2) is 0 Å². The highest BCUT2D eigenvalue weighted by Gasteiger charge is 2.13. The van der Waals surface area contributed by atoms with E-state index in [2.05, 4.69) is 38.2 Å². The van der Waals surface area contributed by atoms with Gasteiger partial charge in [0.25, 0.3) is 0 Å². The molecule has 10 heavy (non-hydrogen) atoms. The van der Waals surface area contributed by atoms with E-state index in [1.807, 2.05) is 0 Å². The molecule has 0 heterocycles. The fourth-order valence-corrected chi connectivity index (χ4v) is 1.58. The standard InChI is InChI=1S/C10H16/c1-3-9-7-5-6-8-10(9)4-2/h5-10H,3-4H2,1-2H3. The van der Waals surface area contributed by atoms with Crippen molar-refractivity contribution in [3.63, 3.8) is 0 Å². The van der Waals surface area contributed by atoms with E-state index in [0.717, 1.165) is 11.8 Å². The Morgan fingerprint density at radius 3 is 1.60 bits per heavy atom. The van der Waals surface area contributed by atoms with E-state index >= 15 is 0 Å². The van der Waals surface area contributed by atoms with Crippen LogP contribution in [0.3, 0.4) is 0 Å². The van der Waals surface area contributed by atoms with Crippen LogP contribution in [0.1, 0.15) is 26.7 Å². The highest BCUT2D eigenvalue weighted by Crippen LogP contribution is 2.24. The summed E-state index contributed by atoms with van der Waals surface area (Å²) in [6, 6.07) is 0. The van der Waals surface area contributed by atoms with Gasteiger partial charge in [-0.05, 0) is 24.7 Å². The zero-order valence-corrected chi connectivity index (χ0v) is 6.88. The van der Waals surface area contributed by atoms with Crippen LogP contribution in [0.25, 0.3) is 0 Å². The average molecular weight is 136 g/mol. The Balaban J connectivity index is 2.55. The summed E-state index contributed by atoms with van der Waals surface area (Å²) < 4.78 is 0. The van der Waals surface area contributed by atoms with Gasteiger partial charge >= 0.3 is 0 Å². The molecule has 0 aliphatic heterocycles. The Morgan fingerprint density at radius 1 is 0.900 bits per heavy atom. The van der Waals surface area contributed by atoms with Gasteiger partial charge in [0.2, 0.25) is 0 Å². The summed E-state index contributed by atoms with van der Waals surface area (Å²) in [4.78, 5) is 0. The van der Waals surface area contributed by atoms with Crippen molar-refractivity contribution in [1.82, 2.24) is 0 Å². The van der Waals surface area contributed by atoms with Crippen molar-refractivity contribution in [3.05, 3.63) is 24.3 Å². The molecule has 0 radical (unpaired) electrons. The van der Waals surface area contributed by atoms with Crippen molar-refractivity contribution >= 4 is 0 Å². The highest BCUT2D eigenvalue weighted by molar-refractivity contribution is 5.13. The molecule has 1 aliphatic carbocycles. The molecule has 0 bridgehead atoms. The Labute approximate surface area is 63.6 Å². The van der Waals surface area contributed by atoms with Crippen LogP contribution >= 0.6 is 0 Å². The first-order valence-corrected chi connectivity index (χ1v) is 4.23. The second kappa shape index (κ2) is 3.60. The number of allylic oxidation sites excluding steroid dienone is 4. The molecule has 0 fully saturated rings. The summed E-state index contributed by atoms with van der Waals surface area (Å²) in [5.41, 5.74) is 0. The summed E-state index contributed by atoms with van der Waals surface area (Å²) in [6.45, 7) is 4.52. The molecule has 0 N–H and O–H groups in total. The smallest absolute Gasteiger partial charge is 0.0170 e. The SMILES string of the molecule is CCC1C=CC=CC1CC. The molecule has 2 atom stereocenters. The molecule has 0 heteroatoms. The Morgan fingerprint density at radius 2 is 1.30 bits per heavy atom. The summed E-state index contributed by atoms with van der Waals surface area (Å²) in [7, 11) is 0. The highest BCUT2D eigenvalue weighted by atomic mass is 14.2. The molecular formula is C10H16. The molecule has 1 aliphatic rings. The van der Waals surface area contributed by atoms with Gasteiger partial charge in [-0.2, -0.15) is 0 Å². The molecule has 0 nitrogen and oxygen atoms in total. The molecule has 2 unspecified atom stereocenters. The fraction of sp³-hybridized carbons (Fsp3) is 0.600. The van der Waals surface area contributed by atoms with Crippen LogP contribution in [0.5, 0.6) is 0 Å². The average Bonchev–Trinajstić information content (AvgIpc) is 2.04. The van der Waals surface area contributed by atoms with E-state index in [1.54, 1.807) is 0 Å². The monoisotopic (exact) mass is 136 g/mol. The first kappa shape index (κ1) is 7.59. The summed E-state index contributed by atoms with van der Waals surface area (Å²) in [6.07, 6.45) is 11.5. The minimum absolute atomic E-state index is 0.801. The first-order valence-electron chi connectivity index (χ1n) is 4.23. The molecule has 0 saturated heterocycles. The van der Waals surface area contributed by atoms with Crippen LogP contribution in [0.2, 0.25) is 0 Å². The molecule has 0 saturated carbocycles. The summed E-state index contributed by atoms with van der Waals surface area (Å²) in [5, 5.41) is 0. The maximum Gasteiger partial charge on any atom is -0.0170 e. The topological polar surface area (TPSA) is 0 Å². The Bertz CT molecular complexity index is 124. The second-order valence-corrected chi connectivity index (χ2v) is 2.91. The van der Waals surface area contributed by atoms with E-state index in [9.17, 15) is 0 Å². The van der Waals surface area contributed by atoms with Gasteiger partial charge in [-0.1, -0.05) is 38.2 Å². The van der Waals surface area contributed by atoms with Gasteiger partial charge in [-0.25, -0.2) is 0 Å². The van der Waals surface area contributed by atoms with E-state index in [4.69, 9.17) is 0 Å². The van der Waals surface area contributed by atoms with Gasteiger partial charge in [0.05, 0.1) is 0 Å². The minimum Gasteiger partial charge on any atom is -0.0809 e. The third-order valence-electron chi connectivity index (χ3n) is 2.32. The lowest BCUT2D eigenvalue weighted by molar-refractivity contribution is 0.445. The predicted octanol–water partition coefficient (Wildman–Crippen LogP) is 3.16. The zero-order chi connectivity index (χ0) is 7.40. The molecule has 1 rings (SSSR count). The molecule has 0 aromatic carbocycles. The van der Waals surface area contributed by atoms with Crippen molar-refractivity contribution in [2.45, 2.75) is 26.7 Å². The number of hydrogen-bond donors (Lipinski definition) is 0. The predicted molar refractivity (Wildman–Crippen MR) is 45.8 cm³/mol. The molecule has 56 valence electrons. The maximum atomic E-state index is 2.33. The third kappa shape index (κ3) is 1.50. The van der Waals surface area contributed by atoms with E-state index < -0.39 is 0 Å². The van der Waals surface area contributed by atoms with Crippen molar-refractivity contribution in [3.8, 4) is 0 Å². The van der Waals surface area contributed by atoms with Gasteiger partial charge in [0.1, 0.15) is 0 Å². The summed E-state index contributed by atoms with van der Waals surface area (Å²) in [5.74, 6) is 1.60. The van der Waals surface area contributed by atoms with Gasteiger partial charge in [-0.3, -0.25) is 0 Å². The molecule has 0 spiro atoms. The maximum absolute atomic E-state index is 2.33. The second-order valence-electron chi connectivity index (χ2n) is 2.91. The van der Waals surface area contributed by atoms with Crippen LogP contribution < -0.4 is 0 Å². The van der Waals surface area contributed by atoms with Crippen LogP contribution in [0.15, 0.2) is 24.3 Å². The Hall–Kier alpha value is -0.520. The quantitative estimate of drug-likeness (QED) is 0.547.